The van der Waals surface area contributed by atoms with E-state index in [4.69, 9.17) is 5.73 Å². The first-order valence-electron chi connectivity index (χ1n) is 6.95. The molecule has 0 saturated heterocycles. The lowest BCUT2D eigenvalue weighted by molar-refractivity contribution is -0.121. The van der Waals surface area contributed by atoms with Gasteiger partial charge in [-0.25, -0.2) is 0 Å². The van der Waals surface area contributed by atoms with Gasteiger partial charge in [0.05, 0.1) is 0 Å². The molecule has 0 aromatic carbocycles. The molecule has 0 spiro atoms. The zero-order valence-electron chi connectivity index (χ0n) is 11.7. The van der Waals surface area contributed by atoms with Crippen LogP contribution < -0.4 is 11.1 Å². The highest BCUT2D eigenvalue weighted by atomic mass is 33.1. The van der Waals surface area contributed by atoms with Crippen LogP contribution >= 0.6 is 21.6 Å². The van der Waals surface area contributed by atoms with Gasteiger partial charge in [0, 0.05) is 31.0 Å². The maximum Gasteiger partial charge on any atom is 0.220 e. The third-order valence-electron chi connectivity index (χ3n) is 2.85. The van der Waals surface area contributed by atoms with E-state index in [-0.39, 0.29) is 5.91 Å². The fourth-order valence-corrected chi connectivity index (χ4v) is 3.55. The van der Waals surface area contributed by atoms with E-state index in [1.807, 2.05) is 0 Å². The van der Waals surface area contributed by atoms with Crippen molar-refractivity contribution in [1.29, 1.82) is 0 Å². The number of carbonyl (C=O) groups excluding carboxylic acids is 1. The number of hydrogen-bond donors (Lipinski definition) is 2. The third kappa shape index (κ3) is 11.2. The summed E-state index contributed by atoms with van der Waals surface area (Å²) in [4.78, 5) is 11.6. The van der Waals surface area contributed by atoms with Gasteiger partial charge in [-0.1, -0.05) is 54.7 Å². The smallest absolute Gasteiger partial charge is 0.220 e. The molecule has 0 radical (unpaired) electrons. The van der Waals surface area contributed by atoms with Crippen molar-refractivity contribution in [1.82, 2.24) is 5.32 Å². The molecule has 108 valence electrons. The molecule has 1 atom stereocenters. The molecule has 0 aliphatic rings. The molecular formula is C13H28N2OS2. The highest BCUT2D eigenvalue weighted by Gasteiger charge is 2.08. The highest BCUT2D eigenvalue weighted by Crippen LogP contribution is 2.19. The Bertz CT molecular complexity index is 203. The van der Waals surface area contributed by atoms with Crippen molar-refractivity contribution in [2.45, 2.75) is 46.0 Å². The van der Waals surface area contributed by atoms with E-state index in [1.54, 1.807) is 21.6 Å². The van der Waals surface area contributed by atoms with Gasteiger partial charge in [0.2, 0.25) is 5.91 Å². The van der Waals surface area contributed by atoms with Gasteiger partial charge in [-0.15, -0.1) is 0 Å². The molecule has 1 amide bonds. The van der Waals surface area contributed by atoms with Gasteiger partial charge < -0.3 is 11.1 Å². The summed E-state index contributed by atoms with van der Waals surface area (Å²) < 4.78 is 0. The second-order valence-corrected chi connectivity index (χ2v) is 7.09. The van der Waals surface area contributed by atoms with Gasteiger partial charge >= 0.3 is 0 Å². The van der Waals surface area contributed by atoms with E-state index >= 15 is 0 Å². The molecule has 3 nitrogen and oxygen atoms in total. The van der Waals surface area contributed by atoms with Crippen LogP contribution in [0.2, 0.25) is 0 Å². The van der Waals surface area contributed by atoms with Crippen LogP contribution in [0.3, 0.4) is 0 Å². The predicted octanol–water partition coefficient (Wildman–Crippen LogP) is 3.05. The van der Waals surface area contributed by atoms with E-state index < -0.39 is 0 Å². The number of amides is 1. The van der Waals surface area contributed by atoms with E-state index in [2.05, 4.69) is 19.2 Å². The molecule has 0 heterocycles. The van der Waals surface area contributed by atoms with Crippen LogP contribution in [0.25, 0.3) is 0 Å². The Morgan fingerprint density at radius 3 is 2.56 bits per heavy atom. The van der Waals surface area contributed by atoms with Gasteiger partial charge in [0.1, 0.15) is 0 Å². The molecule has 0 fully saturated rings. The SMILES string of the molecule is CCCC(CC)CCC(=O)NCCSSCCN. The zero-order chi connectivity index (χ0) is 13.6. The van der Waals surface area contributed by atoms with Crippen molar-refractivity contribution in [2.75, 3.05) is 24.6 Å². The molecule has 0 saturated carbocycles. The summed E-state index contributed by atoms with van der Waals surface area (Å²) in [5, 5.41) is 2.98. The number of nitrogens with one attached hydrogen (secondary N) is 1. The number of nitrogens with two attached hydrogens (primary N) is 1. The molecule has 0 rings (SSSR count). The van der Waals surface area contributed by atoms with Gasteiger partial charge in [-0.2, -0.15) is 0 Å². The Balaban J connectivity index is 3.41. The molecule has 5 heteroatoms. The first-order chi connectivity index (χ1) is 8.74. The predicted molar refractivity (Wildman–Crippen MR) is 84.9 cm³/mol. The minimum atomic E-state index is 0.203. The summed E-state index contributed by atoms with van der Waals surface area (Å²) >= 11 is 0. The molecule has 0 aliphatic carbocycles. The number of carbonyl (C=O) groups is 1. The maximum absolute atomic E-state index is 11.6. The Kier molecular flexibility index (Phi) is 13.7. The van der Waals surface area contributed by atoms with Crippen LogP contribution in [0.4, 0.5) is 0 Å². The second-order valence-electron chi connectivity index (χ2n) is 4.38. The minimum Gasteiger partial charge on any atom is -0.355 e. The topological polar surface area (TPSA) is 55.1 Å². The molecule has 0 aromatic heterocycles. The minimum absolute atomic E-state index is 0.203. The summed E-state index contributed by atoms with van der Waals surface area (Å²) in [5.41, 5.74) is 5.39. The third-order valence-corrected chi connectivity index (χ3v) is 5.29. The summed E-state index contributed by atoms with van der Waals surface area (Å²) in [6.45, 7) is 5.91. The molecule has 0 aliphatic heterocycles. The van der Waals surface area contributed by atoms with Gasteiger partial charge in [0.25, 0.3) is 0 Å². The van der Waals surface area contributed by atoms with E-state index in [9.17, 15) is 4.79 Å². The lowest BCUT2D eigenvalue weighted by Crippen LogP contribution is -2.25. The standard InChI is InChI=1S/C13H28N2OS2/c1-3-5-12(4-2)6-7-13(16)15-9-11-18-17-10-8-14/h12H,3-11,14H2,1-2H3,(H,15,16). The number of rotatable bonds is 12. The van der Waals surface area contributed by atoms with Gasteiger partial charge in [-0.05, 0) is 12.3 Å². The normalized spacial score (nSPS) is 12.4. The molecular weight excluding hydrogens is 264 g/mol. The van der Waals surface area contributed by atoms with Crippen molar-refractivity contribution in [3.05, 3.63) is 0 Å². The van der Waals surface area contributed by atoms with Crippen LogP contribution in [0, 0.1) is 5.92 Å². The Morgan fingerprint density at radius 1 is 1.22 bits per heavy atom. The average molecular weight is 293 g/mol. The molecule has 0 bridgehead atoms. The van der Waals surface area contributed by atoms with Crippen molar-refractivity contribution >= 4 is 27.5 Å². The summed E-state index contributed by atoms with van der Waals surface area (Å²) in [6, 6.07) is 0. The van der Waals surface area contributed by atoms with E-state index in [0.717, 1.165) is 36.9 Å². The van der Waals surface area contributed by atoms with Crippen molar-refractivity contribution in [3.63, 3.8) is 0 Å². The van der Waals surface area contributed by atoms with Gasteiger partial charge in [-0.3, -0.25) is 4.79 Å². The van der Waals surface area contributed by atoms with Crippen LogP contribution in [-0.2, 0) is 4.79 Å². The lowest BCUT2D eigenvalue weighted by atomic mass is 9.95. The van der Waals surface area contributed by atoms with Crippen LogP contribution in [0.1, 0.15) is 46.0 Å². The number of hydrogen-bond acceptors (Lipinski definition) is 4. The van der Waals surface area contributed by atoms with Crippen molar-refractivity contribution < 1.29 is 4.79 Å². The molecule has 18 heavy (non-hydrogen) atoms. The van der Waals surface area contributed by atoms with Crippen LogP contribution in [0.5, 0.6) is 0 Å². The first-order valence-corrected chi connectivity index (χ1v) is 9.44. The maximum atomic E-state index is 11.6. The van der Waals surface area contributed by atoms with Crippen molar-refractivity contribution in [2.24, 2.45) is 11.7 Å². The molecule has 0 aromatic rings. The molecule has 3 N–H and O–H groups in total. The Labute approximate surface area is 120 Å². The lowest BCUT2D eigenvalue weighted by Gasteiger charge is -2.13. The fraction of sp³-hybridized carbons (Fsp3) is 0.923. The fourth-order valence-electron chi connectivity index (χ4n) is 1.78. The van der Waals surface area contributed by atoms with E-state index in [1.165, 1.54) is 19.3 Å². The first kappa shape index (κ1) is 18.1. The molecule has 1 unspecified atom stereocenters. The Hall–Kier alpha value is 0.130. The van der Waals surface area contributed by atoms with Gasteiger partial charge in [0.15, 0.2) is 0 Å². The van der Waals surface area contributed by atoms with Crippen LogP contribution in [-0.4, -0.2) is 30.5 Å². The summed E-state index contributed by atoms with van der Waals surface area (Å²) in [7, 11) is 3.55. The quantitative estimate of drug-likeness (QED) is 0.429. The largest absolute Gasteiger partial charge is 0.355 e. The monoisotopic (exact) mass is 292 g/mol. The highest BCUT2D eigenvalue weighted by molar-refractivity contribution is 8.76. The van der Waals surface area contributed by atoms with E-state index in [0.29, 0.717) is 6.42 Å². The Morgan fingerprint density at radius 2 is 1.94 bits per heavy atom. The zero-order valence-corrected chi connectivity index (χ0v) is 13.4. The van der Waals surface area contributed by atoms with Crippen molar-refractivity contribution in [3.8, 4) is 0 Å². The summed E-state index contributed by atoms with van der Waals surface area (Å²) in [5.74, 6) is 2.86. The van der Waals surface area contributed by atoms with Crippen LogP contribution in [0.15, 0.2) is 0 Å². The second kappa shape index (κ2) is 13.6. The average Bonchev–Trinajstić information content (AvgIpc) is 2.38. The summed E-state index contributed by atoms with van der Waals surface area (Å²) in [6.07, 6.45) is 5.36.